The van der Waals surface area contributed by atoms with E-state index in [4.69, 9.17) is 4.42 Å². The van der Waals surface area contributed by atoms with E-state index in [-0.39, 0.29) is 22.8 Å². The van der Waals surface area contributed by atoms with Crippen LogP contribution < -0.4 is 10.6 Å². The van der Waals surface area contributed by atoms with Gasteiger partial charge in [0.1, 0.15) is 23.0 Å². The third-order valence-corrected chi connectivity index (χ3v) is 7.89. The van der Waals surface area contributed by atoms with Gasteiger partial charge in [-0.05, 0) is 103 Å². The number of hydrogen-bond acceptors (Lipinski definition) is 3. The number of amides is 2. The van der Waals surface area contributed by atoms with Crippen LogP contribution in [-0.4, -0.2) is 24.4 Å². The third kappa shape index (κ3) is 3.97. The average Bonchev–Trinajstić information content (AvgIpc) is 3.71. The smallest absolute Gasteiger partial charge is 0.255 e. The van der Waals surface area contributed by atoms with Gasteiger partial charge in [-0.2, -0.15) is 0 Å². The van der Waals surface area contributed by atoms with Crippen LogP contribution in [0.25, 0.3) is 33.4 Å². The molecule has 1 heterocycles. The maximum absolute atomic E-state index is 15.0. The molecule has 3 aromatic carbocycles. The molecule has 0 radical (unpaired) electrons. The zero-order valence-corrected chi connectivity index (χ0v) is 21.5. The molecule has 1 aromatic heterocycles. The fourth-order valence-corrected chi connectivity index (χ4v) is 5.40. The van der Waals surface area contributed by atoms with E-state index in [0.717, 1.165) is 42.4 Å². The van der Waals surface area contributed by atoms with Crippen LogP contribution >= 0.6 is 0 Å². The van der Waals surface area contributed by atoms with Gasteiger partial charge in [-0.25, -0.2) is 8.78 Å². The molecule has 0 aliphatic heterocycles. The van der Waals surface area contributed by atoms with Crippen LogP contribution in [0.5, 0.6) is 0 Å². The minimum Gasteiger partial charge on any atom is -0.455 e. The maximum Gasteiger partial charge on any atom is 0.255 e. The molecular formula is C31H28F2N2O3. The van der Waals surface area contributed by atoms with Crippen LogP contribution in [0, 0.1) is 24.5 Å². The lowest BCUT2D eigenvalue weighted by Gasteiger charge is -2.15. The molecule has 2 amide bonds. The van der Waals surface area contributed by atoms with Crippen LogP contribution in [0.2, 0.25) is 0 Å². The molecule has 38 heavy (non-hydrogen) atoms. The predicted molar refractivity (Wildman–Crippen MR) is 142 cm³/mol. The van der Waals surface area contributed by atoms with Gasteiger partial charge in [-0.3, -0.25) is 9.59 Å². The Balaban J connectivity index is 1.53. The number of nitrogens with one attached hydrogen (secondary N) is 2. The summed E-state index contributed by atoms with van der Waals surface area (Å²) in [6, 6.07) is 12.6. The van der Waals surface area contributed by atoms with Gasteiger partial charge in [0.25, 0.3) is 11.8 Å². The van der Waals surface area contributed by atoms with Crippen molar-refractivity contribution in [3.8, 4) is 22.5 Å². The summed E-state index contributed by atoms with van der Waals surface area (Å²) in [5.41, 5.74) is 4.55. The number of carbonyl (C=O) groups excluding carboxylic acids is 2. The van der Waals surface area contributed by atoms with E-state index < -0.39 is 11.7 Å². The summed E-state index contributed by atoms with van der Waals surface area (Å²) in [5, 5.41) is 6.28. The standard InChI is InChI=1S/C31H28F2N2O3/c1-4-5-18-11-26-24(27(30(37)34-3)28(38-26)17-6-8-20(32)9-7-17)13-22(18)21-12-23(25(33)10-16(21)2)29(36)35-31-14-19(31)15-31/h6-13,19H,4-5,14-15H2,1-3H3,(H,34,37)(H,35,36). The third-order valence-electron chi connectivity index (χ3n) is 7.89. The van der Waals surface area contributed by atoms with Crippen molar-refractivity contribution in [1.29, 1.82) is 0 Å². The molecule has 0 bridgehead atoms. The van der Waals surface area contributed by atoms with E-state index in [1.165, 1.54) is 18.2 Å². The Morgan fingerprint density at radius 1 is 1.03 bits per heavy atom. The van der Waals surface area contributed by atoms with Crippen LogP contribution in [0.1, 0.15) is 58.0 Å². The maximum atomic E-state index is 15.0. The lowest BCUT2D eigenvalue weighted by molar-refractivity contribution is 0.0935. The lowest BCUT2D eigenvalue weighted by Crippen LogP contribution is -2.31. The van der Waals surface area contributed by atoms with Crippen molar-refractivity contribution in [3.63, 3.8) is 0 Å². The zero-order chi connectivity index (χ0) is 26.8. The zero-order valence-electron chi connectivity index (χ0n) is 21.5. The molecule has 6 rings (SSSR count). The Hall–Kier alpha value is -4.00. The van der Waals surface area contributed by atoms with E-state index in [9.17, 15) is 18.4 Å². The van der Waals surface area contributed by atoms with Gasteiger partial charge in [0.2, 0.25) is 0 Å². The first kappa shape index (κ1) is 24.3. The number of fused-ring (bicyclic) bond motifs is 2. The number of furan rings is 1. The van der Waals surface area contributed by atoms with E-state index in [2.05, 4.69) is 17.6 Å². The van der Waals surface area contributed by atoms with Crippen molar-refractivity contribution in [2.75, 3.05) is 7.05 Å². The fourth-order valence-electron chi connectivity index (χ4n) is 5.40. The summed E-state index contributed by atoms with van der Waals surface area (Å²) in [4.78, 5) is 26.0. The highest BCUT2D eigenvalue weighted by Crippen LogP contribution is 2.66. The highest BCUT2D eigenvalue weighted by atomic mass is 19.1. The number of hydrogen-bond donors (Lipinski definition) is 2. The Morgan fingerprint density at radius 2 is 1.74 bits per heavy atom. The molecule has 0 atom stereocenters. The molecule has 2 aliphatic carbocycles. The van der Waals surface area contributed by atoms with Crippen LogP contribution in [0.4, 0.5) is 8.78 Å². The van der Waals surface area contributed by atoms with Crippen LogP contribution in [-0.2, 0) is 6.42 Å². The Bertz CT molecular complexity index is 1610. The second-order valence-electron chi connectivity index (χ2n) is 10.5. The van der Waals surface area contributed by atoms with Crippen molar-refractivity contribution >= 4 is 22.8 Å². The number of benzene rings is 3. The van der Waals surface area contributed by atoms with Crippen molar-refractivity contribution in [3.05, 3.63) is 82.4 Å². The number of carbonyl (C=O) groups is 2. The largest absolute Gasteiger partial charge is 0.455 e. The van der Waals surface area contributed by atoms with Gasteiger partial charge < -0.3 is 15.1 Å². The predicted octanol–water partition coefficient (Wildman–Crippen LogP) is 6.56. The molecular weight excluding hydrogens is 486 g/mol. The SMILES string of the molecule is CCCc1cc2oc(-c3ccc(F)cc3)c(C(=O)NC)c2cc1-c1cc(C(=O)NC23CC2C3)c(F)cc1C. The summed E-state index contributed by atoms with van der Waals surface area (Å²) in [5.74, 6) is -0.784. The molecule has 2 aliphatic rings. The molecule has 7 heteroatoms. The second kappa shape index (κ2) is 8.79. The van der Waals surface area contributed by atoms with Gasteiger partial charge in [0.15, 0.2) is 0 Å². The highest BCUT2D eigenvalue weighted by molar-refractivity contribution is 6.12. The first-order chi connectivity index (χ1) is 18.2. The quantitative estimate of drug-likeness (QED) is 0.294. The lowest BCUT2D eigenvalue weighted by atomic mass is 9.90. The number of aryl methyl sites for hydroxylation is 2. The highest BCUT2D eigenvalue weighted by Gasteiger charge is 2.70. The second-order valence-corrected chi connectivity index (χ2v) is 10.5. The van der Waals surface area contributed by atoms with Gasteiger partial charge in [0, 0.05) is 23.5 Å². The molecule has 2 N–H and O–H groups in total. The number of halogens is 2. The summed E-state index contributed by atoms with van der Waals surface area (Å²) >= 11 is 0. The summed E-state index contributed by atoms with van der Waals surface area (Å²) in [6.07, 6.45) is 3.51. The van der Waals surface area contributed by atoms with Crippen molar-refractivity contribution in [2.45, 2.75) is 45.1 Å². The Kier molecular flexibility index (Phi) is 5.63. The van der Waals surface area contributed by atoms with Gasteiger partial charge in [0.05, 0.1) is 11.1 Å². The first-order valence-electron chi connectivity index (χ1n) is 12.9. The molecule has 2 fully saturated rings. The monoisotopic (exact) mass is 514 g/mol. The van der Waals surface area contributed by atoms with Crippen molar-refractivity contribution in [1.82, 2.24) is 10.6 Å². The number of rotatable bonds is 7. The molecule has 0 saturated heterocycles. The van der Waals surface area contributed by atoms with Crippen LogP contribution in [0.15, 0.2) is 52.9 Å². The molecule has 5 nitrogen and oxygen atoms in total. The molecule has 4 aromatic rings. The van der Waals surface area contributed by atoms with E-state index in [1.807, 2.05) is 19.1 Å². The normalized spacial score (nSPS) is 19.2. The van der Waals surface area contributed by atoms with E-state index in [0.29, 0.717) is 39.3 Å². The summed E-state index contributed by atoms with van der Waals surface area (Å²) < 4.78 is 34.8. The minimum absolute atomic E-state index is 0.0192. The molecule has 0 unspecified atom stereocenters. The Morgan fingerprint density at radius 3 is 2.37 bits per heavy atom. The summed E-state index contributed by atoms with van der Waals surface area (Å²) in [7, 11) is 1.54. The van der Waals surface area contributed by atoms with Crippen LogP contribution in [0.3, 0.4) is 0 Å². The van der Waals surface area contributed by atoms with Crippen molar-refractivity contribution < 1.29 is 22.8 Å². The fraction of sp³-hybridized carbons (Fsp3) is 0.290. The van der Waals surface area contributed by atoms with Gasteiger partial charge >= 0.3 is 0 Å². The van der Waals surface area contributed by atoms with Gasteiger partial charge in [-0.15, -0.1) is 0 Å². The van der Waals surface area contributed by atoms with Crippen molar-refractivity contribution in [2.24, 2.45) is 5.92 Å². The van der Waals surface area contributed by atoms with Gasteiger partial charge in [-0.1, -0.05) is 13.3 Å². The molecule has 194 valence electrons. The average molecular weight is 515 g/mol. The first-order valence-corrected chi connectivity index (χ1v) is 12.9. The topological polar surface area (TPSA) is 71.3 Å². The van der Waals surface area contributed by atoms with E-state index in [1.54, 1.807) is 25.2 Å². The molecule has 0 spiro atoms. The molecule has 2 saturated carbocycles. The minimum atomic E-state index is -0.552. The summed E-state index contributed by atoms with van der Waals surface area (Å²) in [6.45, 7) is 3.88. The Labute approximate surface area is 219 Å². The van der Waals surface area contributed by atoms with E-state index >= 15 is 0 Å².